The molecule has 0 aliphatic heterocycles. The highest BCUT2D eigenvalue weighted by atomic mass is 35.5. The van der Waals surface area contributed by atoms with Gasteiger partial charge in [0.05, 0.1) is 0 Å². The molecule has 2 atom stereocenters. The van der Waals surface area contributed by atoms with Crippen LogP contribution in [-0.4, -0.2) is 24.6 Å². The van der Waals surface area contributed by atoms with Gasteiger partial charge in [0.2, 0.25) is 0 Å². The average molecular weight is 242 g/mol. The van der Waals surface area contributed by atoms with Crippen molar-refractivity contribution >= 4 is 11.6 Å². The fourth-order valence-electron chi connectivity index (χ4n) is 1.56. The second-order valence-electron chi connectivity index (χ2n) is 4.03. The first kappa shape index (κ1) is 13.3. The molecule has 3 heteroatoms. The molecule has 2 unspecified atom stereocenters. The molecule has 90 valence electrons. The average Bonchev–Trinajstić information content (AvgIpc) is 2.25. The van der Waals surface area contributed by atoms with Crippen molar-refractivity contribution in [2.75, 3.05) is 13.2 Å². The van der Waals surface area contributed by atoms with Crippen LogP contribution in [0, 0.1) is 0 Å². The quantitative estimate of drug-likeness (QED) is 0.585. The van der Waals surface area contributed by atoms with Gasteiger partial charge in [-0.2, -0.15) is 0 Å². The number of hydrogen-bond acceptors (Lipinski definition) is 2. The van der Waals surface area contributed by atoms with E-state index in [9.17, 15) is 0 Å². The van der Waals surface area contributed by atoms with Gasteiger partial charge in [0, 0.05) is 18.0 Å². The molecular formula is C13H20ClNO. The molecule has 16 heavy (non-hydrogen) atoms. The summed E-state index contributed by atoms with van der Waals surface area (Å²) in [6.45, 7) is 5.69. The third kappa shape index (κ3) is 5.99. The topological polar surface area (TPSA) is 21.3 Å². The van der Waals surface area contributed by atoms with Crippen LogP contribution < -0.4 is 10.1 Å². The fraction of sp³-hybridized carbons (Fsp3) is 0.538. The molecule has 0 aliphatic carbocycles. The molecular weight excluding hydrogens is 222 g/mol. The minimum atomic E-state index is 0.220. The minimum Gasteiger partial charge on any atom is -0.492 e. The Hall–Kier alpha value is -0.730. The molecule has 0 saturated carbocycles. The Morgan fingerprint density at radius 1 is 1.25 bits per heavy atom. The Morgan fingerprint density at radius 2 is 1.94 bits per heavy atom. The van der Waals surface area contributed by atoms with Crippen LogP contribution in [-0.2, 0) is 0 Å². The summed E-state index contributed by atoms with van der Waals surface area (Å²) in [5.41, 5.74) is 0. The molecule has 0 fully saturated rings. The third-order valence-electron chi connectivity index (χ3n) is 2.29. The van der Waals surface area contributed by atoms with Crippen LogP contribution in [0.1, 0.15) is 20.3 Å². The van der Waals surface area contributed by atoms with Gasteiger partial charge >= 0.3 is 0 Å². The summed E-state index contributed by atoms with van der Waals surface area (Å²) in [7, 11) is 0. The van der Waals surface area contributed by atoms with Crippen LogP contribution >= 0.6 is 11.6 Å². The Bertz CT molecular complexity index is 277. The van der Waals surface area contributed by atoms with Gasteiger partial charge in [-0.05, 0) is 32.4 Å². The standard InChI is InChI=1S/C13H20ClNO/c1-11(14)10-12(2)15-8-9-16-13-6-4-3-5-7-13/h3-7,11-12,15H,8-10H2,1-2H3. The van der Waals surface area contributed by atoms with E-state index in [-0.39, 0.29) is 5.38 Å². The summed E-state index contributed by atoms with van der Waals surface area (Å²) < 4.78 is 5.57. The Morgan fingerprint density at radius 3 is 2.56 bits per heavy atom. The Labute approximate surface area is 103 Å². The van der Waals surface area contributed by atoms with E-state index in [1.165, 1.54) is 0 Å². The van der Waals surface area contributed by atoms with Gasteiger partial charge in [0.15, 0.2) is 0 Å². The number of alkyl halides is 1. The third-order valence-corrected chi connectivity index (χ3v) is 2.46. The van der Waals surface area contributed by atoms with E-state index < -0.39 is 0 Å². The van der Waals surface area contributed by atoms with Crippen LogP contribution in [0.3, 0.4) is 0 Å². The van der Waals surface area contributed by atoms with E-state index in [0.29, 0.717) is 12.6 Å². The normalized spacial score (nSPS) is 14.4. The molecule has 0 aromatic heterocycles. The molecule has 0 radical (unpaired) electrons. The zero-order chi connectivity index (χ0) is 11.8. The molecule has 0 saturated heterocycles. The van der Waals surface area contributed by atoms with Crippen LogP contribution in [0.5, 0.6) is 5.75 Å². The number of para-hydroxylation sites is 1. The maximum absolute atomic E-state index is 5.91. The van der Waals surface area contributed by atoms with Gasteiger partial charge in [-0.3, -0.25) is 0 Å². The van der Waals surface area contributed by atoms with Gasteiger partial charge in [-0.15, -0.1) is 11.6 Å². The van der Waals surface area contributed by atoms with E-state index in [2.05, 4.69) is 12.2 Å². The zero-order valence-corrected chi connectivity index (χ0v) is 10.7. The van der Waals surface area contributed by atoms with Crippen LogP contribution in [0.15, 0.2) is 30.3 Å². The number of nitrogens with one attached hydrogen (secondary N) is 1. The van der Waals surface area contributed by atoms with Crippen molar-refractivity contribution < 1.29 is 4.74 Å². The summed E-state index contributed by atoms with van der Waals surface area (Å²) in [6.07, 6.45) is 0.979. The van der Waals surface area contributed by atoms with Crippen LogP contribution in [0.25, 0.3) is 0 Å². The van der Waals surface area contributed by atoms with E-state index in [4.69, 9.17) is 16.3 Å². The maximum atomic E-state index is 5.91. The van der Waals surface area contributed by atoms with E-state index >= 15 is 0 Å². The maximum Gasteiger partial charge on any atom is 0.119 e. The molecule has 0 bridgehead atoms. The van der Waals surface area contributed by atoms with Crippen molar-refractivity contribution in [3.63, 3.8) is 0 Å². The van der Waals surface area contributed by atoms with Crippen molar-refractivity contribution in [2.45, 2.75) is 31.7 Å². The first-order valence-corrected chi connectivity index (χ1v) is 6.17. The van der Waals surface area contributed by atoms with E-state index in [1.54, 1.807) is 0 Å². The lowest BCUT2D eigenvalue weighted by Crippen LogP contribution is -2.31. The molecule has 2 nitrogen and oxygen atoms in total. The van der Waals surface area contributed by atoms with E-state index in [1.807, 2.05) is 37.3 Å². The largest absolute Gasteiger partial charge is 0.492 e. The highest BCUT2D eigenvalue weighted by Gasteiger charge is 2.04. The second kappa shape index (κ2) is 7.53. The van der Waals surface area contributed by atoms with Crippen molar-refractivity contribution in [3.8, 4) is 5.75 Å². The highest BCUT2D eigenvalue weighted by molar-refractivity contribution is 6.20. The van der Waals surface area contributed by atoms with Crippen molar-refractivity contribution in [1.82, 2.24) is 5.32 Å². The Balaban J connectivity index is 2.08. The number of hydrogen-bond donors (Lipinski definition) is 1. The molecule has 1 aromatic rings. The van der Waals surface area contributed by atoms with Crippen LogP contribution in [0.2, 0.25) is 0 Å². The molecule has 0 amide bonds. The number of ether oxygens (including phenoxy) is 1. The van der Waals surface area contributed by atoms with Gasteiger partial charge in [0.1, 0.15) is 12.4 Å². The highest BCUT2D eigenvalue weighted by Crippen LogP contribution is 2.07. The lowest BCUT2D eigenvalue weighted by atomic mass is 10.2. The SMILES string of the molecule is CC(Cl)CC(C)NCCOc1ccccc1. The minimum absolute atomic E-state index is 0.220. The van der Waals surface area contributed by atoms with E-state index in [0.717, 1.165) is 18.7 Å². The summed E-state index contributed by atoms with van der Waals surface area (Å²) in [5, 5.41) is 3.59. The number of halogens is 1. The summed E-state index contributed by atoms with van der Waals surface area (Å²) in [6, 6.07) is 10.3. The smallest absolute Gasteiger partial charge is 0.119 e. The van der Waals surface area contributed by atoms with Gasteiger partial charge in [-0.1, -0.05) is 18.2 Å². The zero-order valence-electron chi connectivity index (χ0n) is 9.95. The van der Waals surface area contributed by atoms with Gasteiger partial charge < -0.3 is 10.1 Å². The summed E-state index contributed by atoms with van der Waals surface area (Å²) >= 11 is 5.91. The van der Waals surface area contributed by atoms with Crippen LogP contribution in [0.4, 0.5) is 0 Å². The van der Waals surface area contributed by atoms with Crippen molar-refractivity contribution in [2.24, 2.45) is 0 Å². The number of benzene rings is 1. The summed E-state index contributed by atoms with van der Waals surface area (Å²) in [4.78, 5) is 0. The van der Waals surface area contributed by atoms with Gasteiger partial charge in [-0.25, -0.2) is 0 Å². The summed E-state index contributed by atoms with van der Waals surface area (Å²) in [5.74, 6) is 0.919. The molecule has 1 aromatic carbocycles. The monoisotopic (exact) mass is 241 g/mol. The first-order valence-electron chi connectivity index (χ1n) is 5.74. The molecule has 1 N–H and O–H groups in total. The fourth-order valence-corrected chi connectivity index (χ4v) is 1.83. The molecule has 0 heterocycles. The molecule has 0 spiro atoms. The molecule has 1 rings (SSSR count). The second-order valence-corrected chi connectivity index (χ2v) is 4.78. The predicted molar refractivity (Wildman–Crippen MR) is 69.3 cm³/mol. The first-order chi connectivity index (χ1) is 7.68. The van der Waals surface area contributed by atoms with Crippen molar-refractivity contribution in [3.05, 3.63) is 30.3 Å². The number of rotatable bonds is 7. The lowest BCUT2D eigenvalue weighted by molar-refractivity contribution is 0.305. The molecule has 0 aliphatic rings. The predicted octanol–water partition coefficient (Wildman–Crippen LogP) is 3.06. The Kier molecular flexibility index (Phi) is 6.27. The van der Waals surface area contributed by atoms with Crippen molar-refractivity contribution in [1.29, 1.82) is 0 Å². The lowest BCUT2D eigenvalue weighted by Gasteiger charge is -2.15. The van der Waals surface area contributed by atoms with Gasteiger partial charge in [0.25, 0.3) is 0 Å².